The molecule has 24 heavy (non-hydrogen) atoms. The molecular formula is C15H20N4O4S. The van der Waals surface area contributed by atoms with Gasteiger partial charge in [0.15, 0.2) is 5.76 Å². The van der Waals surface area contributed by atoms with Crippen molar-refractivity contribution in [3.63, 3.8) is 0 Å². The average Bonchev–Trinajstić information content (AvgIpc) is 2.86. The van der Waals surface area contributed by atoms with Crippen LogP contribution in [0.2, 0.25) is 0 Å². The number of sulfonamides is 1. The van der Waals surface area contributed by atoms with Gasteiger partial charge in [-0.05, 0) is 26.0 Å². The normalized spacial score (nSPS) is 11.5. The second kappa shape index (κ2) is 7.54. The van der Waals surface area contributed by atoms with E-state index in [-0.39, 0.29) is 29.7 Å². The minimum atomic E-state index is -3.73. The lowest BCUT2D eigenvalue weighted by Gasteiger charge is -2.20. The van der Waals surface area contributed by atoms with E-state index >= 15 is 0 Å². The fourth-order valence-corrected chi connectivity index (χ4v) is 3.63. The molecule has 1 amide bonds. The summed E-state index contributed by atoms with van der Waals surface area (Å²) in [5.74, 6) is 0.0779. The maximum absolute atomic E-state index is 12.3. The Morgan fingerprint density at radius 1 is 1.33 bits per heavy atom. The molecule has 0 radical (unpaired) electrons. The molecule has 0 saturated heterocycles. The standard InChI is InChI=1S/C15H20N4O4S/c1-11-15(12(2)23-18-11)24(21,22)17-8-9-19(13(3)20)10-14-6-4-5-7-16-14/h4-7,17H,8-10H2,1-3H3. The minimum Gasteiger partial charge on any atom is -0.360 e. The largest absolute Gasteiger partial charge is 0.360 e. The molecule has 130 valence electrons. The first-order valence-electron chi connectivity index (χ1n) is 7.39. The Morgan fingerprint density at radius 3 is 2.62 bits per heavy atom. The first kappa shape index (κ1) is 18.1. The van der Waals surface area contributed by atoms with E-state index in [0.29, 0.717) is 12.2 Å². The van der Waals surface area contributed by atoms with Crippen molar-refractivity contribution in [2.75, 3.05) is 13.1 Å². The van der Waals surface area contributed by atoms with Crippen LogP contribution in [0.25, 0.3) is 0 Å². The van der Waals surface area contributed by atoms with E-state index < -0.39 is 10.0 Å². The highest BCUT2D eigenvalue weighted by Gasteiger charge is 2.24. The molecule has 0 spiro atoms. The van der Waals surface area contributed by atoms with Crippen molar-refractivity contribution in [3.8, 4) is 0 Å². The van der Waals surface area contributed by atoms with E-state index in [1.54, 1.807) is 19.2 Å². The molecule has 0 bridgehead atoms. The summed E-state index contributed by atoms with van der Waals surface area (Å²) in [5.41, 5.74) is 1.04. The number of amides is 1. The number of nitrogens with zero attached hydrogens (tertiary/aromatic N) is 3. The number of rotatable bonds is 7. The van der Waals surface area contributed by atoms with Crippen molar-refractivity contribution in [2.45, 2.75) is 32.2 Å². The Hall–Kier alpha value is -2.26. The average molecular weight is 352 g/mol. The SMILES string of the molecule is CC(=O)N(CCNS(=O)(=O)c1c(C)noc1C)Cc1ccccn1. The summed E-state index contributed by atoms with van der Waals surface area (Å²) in [5, 5.41) is 3.64. The van der Waals surface area contributed by atoms with Gasteiger partial charge in [-0.1, -0.05) is 11.2 Å². The first-order valence-corrected chi connectivity index (χ1v) is 8.87. The van der Waals surface area contributed by atoms with Crippen molar-refractivity contribution in [2.24, 2.45) is 0 Å². The van der Waals surface area contributed by atoms with Gasteiger partial charge < -0.3 is 9.42 Å². The molecule has 2 aromatic rings. The summed E-state index contributed by atoms with van der Waals surface area (Å²) < 4.78 is 32.0. The maximum atomic E-state index is 12.3. The second-order valence-electron chi connectivity index (χ2n) is 5.31. The molecule has 0 aliphatic heterocycles. The lowest BCUT2D eigenvalue weighted by Crippen LogP contribution is -2.37. The van der Waals surface area contributed by atoms with Gasteiger partial charge in [-0.25, -0.2) is 13.1 Å². The maximum Gasteiger partial charge on any atom is 0.246 e. The van der Waals surface area contributed by atoms with Crippen LogP contribution in [0.3, 0.4) is 0 Å². The van der Waals surface area contributed by atoms with Crippen molar-refractivity contribution < 1.29 is 17.7 Å². The van der Waals surface area contributed by atoms with Gasteiger partial charge in [-0.3, -0.25) is 9.78 Å². The van der Waals surface area contributed by atoms with Gasteiger partial charge in [-0.15, -0.1) is 0 Å². The van der Waals surface area contributed by atoms with Crippen molar-refractivity contribution in [1.29, 1.82) is 0 Å². The molecule has 8 nitrogen and oxygen atoms in total. The van der Waals surface area contributed by atoms with Gasteiger partial charge in [-0.2, -0.15) is 0 Å². The number of hydrogen-bond acceptors (Lipinski definition) is 6. The van der Waals surface area contributed by atoms with Crippen LogP contribution in [0.5, 0.6) is 0 Å². The molecule has 0 aliphatic carbocycles. The zero-order chi connectivity index (χ0) is 17.7. The van der Waals surface area contributed by atoms with Gasteiger partial charge in [0, 0.05) is 26.2 Å². The zero-order valence-electron chi connectivity index (χ0n) is 13.8. The Bertz CT molecular complexity index is 783. The molecule has 1 N–H and O–H groups in total. The highest BCUT2D eigenvalue weighted by Crippen LogP contribution is 2.18. The number of carbonyl (C=O) groups excluding carboxylic acids is 1. The van der Waals surface area contributed by atoms with Crippen LogP contribution in [0.15, 0.2) is 33.8 Å². The van der Waals surface area contributed by atoms with Crippen LogP contribution in [0.4, 0.5) is 0 Å². The predicted molar refractivity (Wildman–Crippen MR) is 86.5 cm³/mol. The van der Waals surface area contributed by atoms with Crippen molar-refractivity contribution in [3.05, 3.63) is 41.5 Å². The first-order chi connectivity index (χ1) is 11.3. The number of pyridine rings is 1. The smallest absolute Gasteiger partial charge is 0.246 e. The number of nitrogens with one attached hydrogen (secondary N) is 1. The highest BCUT2D eigenvalue weighted by atomic mass is 32.2. The van der Waals surface area contributed by atoms with Crippen LogP contribution in [0, 0.1) is 13.8 Å². The lowest BCUT2D eigenvalue weighted by molar-refractivity contribution is -0.129. The number of hydrogen-bond donors (Lipinski definition) is 1. The van der Waals surface area contributed by atoms with Crippen LogP contribution >= 0.6 is 0 Å². The van der Waals surface area contributed by atoms with E-state index in [2.05, 4.69) is 14.9 Å². The van der Waals surface area contributed by atoms with Crippen LogP contribution < -0.4 is 4.72 Å². The molecule has 0 unspecified atom stereocenters. The van der Waals surface area contributed by atoms with Crippen LogP contribution in [-0.4, -0.2) is 42.5 Å². The lowest BCUT2D eigenvalue weighted by atomic mass is 10.3. The second-order valence-corrected chi connectivity index (χ2v) is 7.02. The van der Waals surface area contributed by atoms with E-state index in [0.717, 1.165) is 5.69 Å². The topological polar surface area (TPSA) is 105 Å². The quantitative estimate of drug-likeness (QED) is 0.797. The number of aryl methyl sites for hydroxylation is 2. The molecule has 0 aliphatic rings. The summed E-state index contributed by atoms with van der Waals surface area (Å²) in [6.07, 6.45) is 1.65. The third-order valence-electron chi connectivity index (χ3n) is 3.43. The van der Waals surface area contributed by atoms with Crippen molar-refractivity contribution in [1.82, 2.24) is 19.8 Å². The molecule has 9 heteroatoms. The Kier molecular flexibility index (Phi) is 5.68. The van der Waals surface area contributed by atoms with E-state index in [4.69, 9.17) is 4.52 Å². The van der Waals surface area contributed by atoms with E-state index in [1.165, 1.54) is 18.7 Å². The number of carbonyl (C=O) groups is 1. The highest BCUT2D eigenvalue weighted by molar-refractivity contribution is 7.89. The van der Waals surface area contributed by atoms with Gasteiger partial charge in [0.2, 0.25) is 15.9 Å². The van der Waals surface area contributed by atoms with Crippen molar-refractivity contribution >= 4 is 15.9 Å². The van der Waals surface area contributed by atoms with E-state index in [1.807, 2.05) is 12.1 Å². The molecule has 2 aromatic heterocycles. The van der Waals surface area contributed by atoms with Gasteiger partial charge in [0.05, 0.1) is 12.2 Å². The predicted octanol–water partition coefficient (Wildman–Crippen LogP) is 1.01. The Balaban J connectivity index is 1.99. The third-order valence-corrected chi connectivity index (χ3v) is 5.14. The Labute approximate surface area is 140 Å². The molecule has 0 saturated carbocycles. The Morgan fingerprint density at radius 2 is 2.08 bits per heavy atom. The fraction of sp³-hybridized carbons (Fsp3) is 0.400. The molecule has 2 rings (SSSR count). The molecular weight excluding hydrogens is 332 g/mol. The van der Waals surface area contributed by atoms with Gasteiger partial charge >= 0.3 is 0 Å². The summed E-state index contributed by atoms with van der Waals surface area (Å²) in [7, 11) is -3.73. The molecule has 0 fully saturated rings. The minimum absolute atomic E-state index is 0.0431. The summed E-state index contributed by atoms with van der Waals surface area (Å²) in [6.45, 7) is 5.17. The molecule has 0 atom stereocenters. The number of aromatic nitrogens is 2. The van der Waals surface area contributed by atoms with Crippen LogP contribution in [0.1, 0.15) is 24.1 Å². The van der Waals surface area contributed by atoms with Crippen LogP contribution in [-0.2, 0) is 21.4 Å². The zero-order valence-corrected chi connectivity index (χ0v) is 14.6. The summed E-state index contributed by atoms with van der Waals surface area (Å²) in [6, 6.07) is 5.43. The molecule has 0 aromatic carbocycles. The van der Waals surface area contributed by atoms with Gasteiger partial charge in [0.25, 0.3) is 0 Å². The monoisotopic (exact) mass is 352 g/mol. The third kappa shape index (κ3) is 4.39. The molecule has 2 heterocycles. The van der Waals surface area contributed by atoms with E-state index in [9.17, 15) is 13.2 Å². The van der Waals surface area contributed by atoms with Gasteiger partial charge in [0.1, 0.15) is 10.6 Å². The fourth-order valence-electron chi connectivity index (χ4n) is 2.28. The summed E-state index contributed by atoms with van der Waals surface area (Å²) >= 11 is 0. The summed E-state index contributed by atoms with van der Waals surface area (Å²) in [4.78, 5) is 17.5.